The van der Waals surface area contributed by atoms with Crippen LogP contribution in [-0.2, 0) is 0 Å². The van der Waals surface area contributed by atoms with Gasteiger partial charge in [-0.05, 0) is 31.9 Å². The molecule has 0 atom stereocenters. The minimum Gasteiger partial charge on any atom is -0.267 e. The van der Waals surface area contributed by atoms with Crippen LogP contribution < -0.4 is 5.43 Å². The van der Waals surface area contributed by atoms with Crippen LogP contribution in [0.25, 0.3) is 0 Å². The lowest BCUT2D eigenvalue weighted by Gasteiger charge is -2.01. The fourth-order valence-electron chi connectivity index (χ4n) is 2.04. The van der Waals surface area contributed by atoms with Gasteiger partial charge < -0.3 is 0 Å². The number of carbonyl (C=O) groups excluding carboxylic acids is 1. The van der Waals surface area contributed by atoms with Crippen molar-refractivity contribution in [2.75, 3.05) is 0 Å². The van der Waals surface area contributed by atoms with E-state index in [1.165, 1.54) is 32.1 Å². The van der Waals surface area contributed by atoms with E-state index < -0.39 is 0 Å². The molecule has 1 aromatic rings. The number of unbranched alkanes of at least 4 members (excludes halogenated alkanes) is 6. The van der Waals surface area contributed by atoms with E-state index in [0.29, 0.717) is 5.56 Å². The van der Waals surface area contributed by atoms with Crippen molar-refractivity contribution in [2.45, 2.75) is 58.8 Å². The summed E-state index contributed by atoms with van der Waals surface area (Å²) in [6.45, 7) is 4.20. The summed E-state index contributed by atoms with van der Waals surface area (Å²) in [5.41, 5.74) is 4.30. The highest BCUT2D eigenvalue weighted by Gasteiger charge is 2.02. The summed E-state index contributed by atoms with van der Waals surface area (Å²) in [4.78, 5) is 11.8. The van der Waals surface area contributed by atoms with Crippen molar-refractivity contribution in [3.8, 4) is 0 Å². The first-order valence-corrected chi connectivity index (χ1v) is 7.62. The van der Waals surface area contributed by atoms with E-state index >= 15 is 0 Å². The third-order valence-electron chi connectivity index (χ3n) is 3.22. The lowest BCUT2D eigenvalue weighted by atomic mass is 10.1. The molecule has 0 aliphatic carbocycles. The van der Waals surface area contributed by atoms with E-state index in [9.17, 15) is 4.79 Å². The molecule has 0 aromatic heterocycles. The lowest BCUT2D eigenvalue weighted by molar-refractivity contribution is 0.0955. The molecule has 0 spiro atoms. The van der Waals surface area contributed by atoms with Gasteiger partial charge >= 0.3 is 0 Å². The minimum atomic E-state index is -0.145. The van der Waals surface area contributed by atoms with E-state index in [4.69, 9.17) is 0 Å². The molecule has 0 radical (unpaired) electrons. The standard InChI is InChI=1S/C17H26N2O/c1-3-4-5-6-7-8-9-13-18-19-17(20)16-12-10-11-15(2)14-16/h10-14H,3-9H2,1-2H3,(H,19,20)/b18-13+. The second kappa shape index (κ2) is 10.2. The Balaban J connectivity index is 2.13. The third kappa shape index (κ3) is 7.07. The van der Waals surface area contributed by atoms with E-state index in [1.54, 1.807) is 12.3 Å². The van der Waals surface area contributed by atoms with Gasteiger partial charge in [0.2, 0.25) is 0 Å². The number of hydrogen-bond acceptors (Lipinski definition) is 2. The van der Waals surface area contributed by atoms with Crippen molar-refractivity contribution in [1.29, 1.82) is 0 Å². The molecule has 0 aliphatic rings. The average Bonchev–Trinajstić information content (AvgIpc) is 2.45. The smallest absolute Gasteiger partial charge is 0.267 e. The molecule has 0 bridgehead atoms. The molecule has 3 nitrogen and oxygen atoms in total. The van der Waals surface area contributed by atoms with Crippen LogP contribution in [0.1, 0.15) is 67.8 Å². The van der Waals surface area contributed by atoms with Crippen LogP contribution >= 0.6 is 0 Å². The number of nitrogens with one attached hydrogen (secondary N) is 1. The number of rotatable bonds is 9. The summed E-state index contributed by atoms with van der Waals surface area (Å²) in [6, 6.07) is 7.51. The molecule has 20 heavy (non-hydrogen) atoms. The van der Waals surface area contributed by atoms with E-state index in [2.05, 4.69) is 17.5 Å². The lowest BCUT2D eigenvalue weighted by Crippen LogP contribution is -2.17. The molecular formula is C17H26N2O. The van der Waals surface area contributed by atoms with Crippen LogP contribution in [0.15, 0.2) is 29.4 Å². The van der Waals surface area contributed by atoms with E-state index in [0.717, 1.165) is 18.4 Å². The molecule has 110 valence electrons. The average molecular weight is 274 g/mol. The topological polar surface area (TPSA) is 41.5 Å². The molecule has 0 unspecified atom stereocenters. The Morgan fingerprint density at radius 3 is 2.70 bits per heavy atom. The van der Waals surface area contributed by atoms with Gasteiger partial charge in [0.1, 0.15) is 0 Å². The molecule has 1 aromatic carbocycles. The van der Waals surface area contributed by atoms with Crippen LogP contribution in [0.4, 0.5) is 0 Å². The van der Waals surface area contributed by atoms with Crippen molar-refractivity contribution in [3.63, 3.8) is 0 Å². The maximum Gasteiger partial charge on any atom is 0.271 e. The maximum absolute atomic E-state index is 11.8. The fraction of sp³-hybridized carbons (Fsp3) is 0.529. The largest absolute Gasteiger partial charge is 0.271 e. The molecule has 3 heteroatoms. The predicted molar refractivity (Wildman–Crippen MR) is 85.1 cm³/mol. The zero-order valence-corrected chi connectivity index (χ0v) is 12.7. The van der Waals surface area contributed by atoms with Crippen LogP contribution in [0.5, 0.6) is 0 Å². The summed E-state index contributed by atoms with van der Waals surface area (Å²) in [6.07, 6.45) is 10.4. The summed E-state index contributed by atoms with van der Waals surface area (Å²) in [7, 11) is 0. The maximum atomic E-state index is 11.8. The Morgan fingerprint density at radius 1 is 1.20 bits per heavy atom. The van der Waals surface area contributed by atoms with Crippen LogP contribution in [0.2, 0.25) is 0 Å². The molecule has 0 aliphatic heterocycles. The van der Waals surface area contributed by atoms with Gasteiger partial charge in [0.15, 0.2) is 0 Å². The zero-order chi connectivity index (χ0) is 14.6. The summed E-state index contributed by atoms with van der Waals surface area (Å²) in [5, 5.41) is 3.99. The second-order valence-electron chi connectivity index (χ2n) is 5.18. The van der Waals surface area contributed by atoms with Gasteiger partial charge in [0, 0.05) is 11.8 Å². The highest BCUT2D eigenvalue weighted by molar-refractivity contribution is 5.94. The monoisotopic (exact) mass is 274 g/mol. The van der Waals surface area contributed by atoms with Crippen molar-refractivity contribution in [1.82, 2.24) is 5.43 Å². The molecule has 0 fully saturated rings. The van der Waals surface area contributed by atoms with Gasteiger partial charge in [-0.25, -0.2) is 5.43 Å². The van der Waals surface area contributed by atoms with Crippen LogP contribution in [0, 0.1) is 6.92 Å². The van der Waals surface area contributed by atoms with Crippen molar-refractivity contribution >= 4 is 12.1 Å². The molecule has 0 heterocycles. The van der Waals surface area contributed by atoms with Gasteiger partial charge in [-0.15, -0.1) is 0 Å². The number of amides is 1. The van der Waals surface area contributed by atoms with Crippen molar-refractivity contribution < 1.29 is 4.79 Å². The molecular weight excluding hydrogens is 248 g/mol. The zero-order valence-electron chi connectivity index (χ0n) is 12.7. The number of hydrogen-bond donors (Lipinski definition) is 1. The van der Waals surface area contributed by atoms with Crippen LogP contribution in [0.3, 0.4) is 0 Å². The van der Waals surface area contributed by atoms with E-state index in [1.807, 2.05) is 25.1 Å². The highest BCUT2D eigenvalue weighted by Crippen LogP contribution is 2.06. The Morgan fingerprint density at radius 2 is 1.95 bits per heavy atom. The Bertz CT molecular complexity index is 427. The third-order valence-corrected chi connectivity index (χ3v) is 3.22. The highest BCUT2D eigenvalue weighted by atomic mass is 16.2. The second-order valence-corrected chi connectivity index (χ2v) is 5.18. The summed E-state index contributed by atoms with van der Waals surface area (Å²) in [5.74, 6) is -0.145. The molecule has 1 rings (SSSR count). The normalized spacial score (nSPS) is 10.9. The van der Waals surface area contributed by atoms with Gasteiger partial charge in [-0.2, -0.15) is 5.10 Å². The Labute approximate surface area is 122 Å². The van der Waals surface area contributed by atoms with Gasteiger partial charge in [0.25, 0.3) is 5.91 Å². The molecule has 0 saturated heterocycles. The predicted octanol–water partition coefficient (Wildman–Crippen LogP) is 4.46. The first-order valence-electron chi connectivity index (χ1n) is 7.62. The fourth-order valence-corrected chi connectivity index (χ4v) is 2.04. The SMILES string of the molecule is CCCCCCCC/C=N/NC(=O)c1cccc(C)c1. The van der Waals surface area contributed by atoms with Crippen molar-refractivity contribution in [2.24, 2.45) is 5.10 Å². The van der Waals surface area contributed by atoms with E-state index in [-0.39, 0.29) is 5.91 Å². The number of carbonyl (C=O) groups is 1. The molecule has 1 amide bonds. The number of benzene rings is 1. The Hall–Kier alpha value is -1.64. The quantitative estimate of drug-likeness (QED) is 0.403. The minimum absolute atomic E-state index is 0.145. The number of hydrazone groups is 1. The molecule has 1 N–H and O–H groups in total. The van der Waals surface area contributed by atoms with Gasteiger partial charge in [0.05, 0.1) is 0 Å². The first kappa shape index (κ1) is 16.4. The van der Waals surface area contributed by atoms with Crippen LogP contribution in [-0.4, -0.2) is 12.1 Å². The summed E-state index contributed by atoms with van der Waals surface area (Å²) >= 11 is 0. The van der Waals surface area contributed by atoms with Gasteiger partial charge in [-0.3, -0.25) is 4.79 Å². The van der Waals surface area contributed by atoms with Crippen molar-refractivity contribution in [3.05, 3.63) is 35.4 Å². The first-order chi connectivity index (χ1) is 9.74. The summed E-state index contributed by atoms with van der Waals surface area (Å²) < 4.78 is 0. The van der Waals surface area contributed by atoms with Gasteiger partial charge in [-0.1, -0.05) is 56.7 Å². The Kier molecular flexibility index (Phi) is 8.36. The number of nitrogens with zero attached hydrogens (tertiary/aromatic N) is 1. The molecule has 0 saturated carbocycles. The number of aryl methyl sites for hydroxylation is 1.